The number of ether oxygens (including phenoxy) is 1. The molecule has 2 aromatic heterocycles. The molecule has 1 saturated heterocycles. The average molecular weight is 329 g/mol. The summed E-state index contributed by atoms with van der Waals surface area (Å²) in [6.45, 7) is 3.93. The van der Waals surface area contributed by atoms with Gasteiger partial charge in [0.15, 0.2) is 5.82 Å². The molecule has 7 heteroatoms. The first kappa shape index (κ1) is 16.6. The van der Waals surface area contributed by atoms with Crippen molar-refractivity contribution in [3.8, 4) is 0 Å². The zero-order valence-electron chi connectivity index (χ0n) is 14.1. The Balaban J connectivity index is 1.58. The normalized spacial score (nSPS) is 18.5. The first-order valence-electron chi connectivity index (χ1n) is 8.10. The molecule has 1 aliphatic heterocycles. The molecule has 1 unspecified atom stereocenters. The minimum Gasteiger partial charge on any atom is -0.374 e. The lowest BCUT2D eigenvalue weighted by molar-refractivity contribution is -0.0265. The molecule has 0 spiro atoms. The minimum absolute atomic E-state index is 0.0275. The van der Waals surface area contributed by atoms with E-state index in [-0.39, 0.29) is 11.7 Å². The molecule has 0 N–H and O–H groups in total. The highest BCUT2D eigenvalue weighted by Gasteiger charge is 2.22. The van der Waals surface area contributed by atoms with Crippen molar-refractivity contribution in [1.82, 2.24) is 19.7 Å². The third-order valence-electron chi connectivity index (χ3n) is 4.22. The maximum absolute atomic E-state index is 11.7. The predicted molar refractivity (Wildman–Crippen MR) is 92.0 cm³/mol. The Morgan fingerprint density at radius 1 is 1.42 bits per heavy atom. The van der Waals surface area contributed by atoms with Gasteiger partial charge in [0.25, 0.3) is 5.56 Å². The van der Waals surface area contributed by atoms with E-state index in [2.05, 4.69) is 20.0 Å². The lowest BCUT2D eigenvalue weighted by atomic mass is 10.2. The molecule has 0 saturated carbocycles. The number of aryl methyl sites for hydroxylation is 1. The molecule has 3 heterocycles. The fourth-order valence-electron chi connectivity index (χ4n) is 2.88. The highest BCUT2D eigenvalue weighted by molar-refractivity contribution is 5.35. The summed E-state index contributed by atoms with van der Waals surface area (Å²) < 4.78 is 7.47. The van der Waals surface area contributed by atoms with Crippen molar-refractivity contribution < 1.29 is 4.74 Å². The van der Waals surface area contributed by atoms with Crippen LogP contribution in [0.2, 0.25) is 0 Å². The predicted octanol–water partition coefficient (Wildman–Crippen LogP) is 0.512. The molecule has 0 amide bonds. The van der Waals surface area contributed by atoms with Crippen LogP contribution in [0.15, 0.2) is 41.5 Å². The Labute approximate surface area is 141 Å². The molecule has 128 valence electrons. The molecule has 1 atom stereocenters. The van der Waals surface area contributed by atoms with Crippen molar-refractivity contribution in [2.45, 2.75) is 12.6 Å². The number of hydrogen-bond acceptors (Lipinski definition) is 6. The van der Waals surface area contributed by atoms with Crippen molar-refractivity contribution >= 4 is 5.82 Å². The summed E-state index contributed by atoms with van der Waals surface area (Å²) in [5.41, 5.74) is 1.07. The molecule has 1 fully saturated rings. The monoisotopic (exact) mass is 329 g/mol. The van der Waals surface area contributed by atoms with E-state index >= 15 is 0 Å². The van der Waals surface area contributed by atoms with Gasteiger partial charge in [-0.15, -0.1) is 5.10 Å². The molecule has 2 aromatic rings. The van der Waals surface area contributed by atoms with Crippen molar-refractivity contribution in [1.29, 1.82) is 0 Å². The first-order valence-corrected chi connectivity index (χ1v) is 8.10. The molecule has 24 heavy (non-hydrogen) atoms. The van der Waals surface area contributed by atoms with Gasteiger partial charge in [0.1, 0.15) is 0 Å². The van der Waals surface area contributed by atoms with Crippen LogP contribution in [0.3, 0.4) is 0 Å². The largest absolute Gasteiger partial charge is 0.374 e. The molecular formula is C17H23N5O2. The smallest absolute Gasteiger partial charge is 0.250 e. The number of hydrogen-bond donors (Lipinski definition) is 0. The van der Waals surface area contributed by atoms with Crippen LogP contribution in [0.5, 0.6) is 0 Å². The van der Waals surface area contributed by atoms with Gasteiger partial charge < -0.3 is 14.2 Å². The highest BCUT2D eigenvalue weighted by atomic mass is 16.5. The van der Waals surface area contributed by atoms with Gasteiger partial charge in [0.2, 0.25) is 0 Å². The lowest BCUT2D eigenvalue weighted by Gasteiger charge is -2.35. The van der Waals surface area contributed by atoms with E-state index in [1.165, 1.54) is 0 Å². The lowest BCUT2D eigenvalue weighted by Crippen LogP contribution is -2.46. The first-order chi connectivity index (χ1) is 11.6. The van der Waals surface area contributed by atoms with Gasteiger partial charge in [-0.2, -0.15) is 5.10 Å². The summed E-state index contributed by atoms with van der Waals surface area (Å²) >= 11 is 0. The Hall–Kier alpha value is -2.25. The quantitative estimate of drug-likeness (QED) is 0.797. The molecule has 1 aliphatic rings. The summed E-state index contributed by atoms with van der Waals surface area (Å²) in [5, 5.41) is 8.03. The van der Waals surface area contributed by atoms with E-state index in [0.717, 1.165) is 37.6 Å². The van der Waals surface area contributed by atoms with Crippen LogP contribution in [-0.2, 0) is 18.3 Å². The van der Waals surface area contributed by atoms with Gasteiger partial charge in [-0.25, -0.2) is 0 Å². The number of rotatable bonds is 5. The third-order valence-corrected chi connectivity index (χ3v) is 4.22. The SMILES string of the molecule is CN(CC1CN(Cc2ccn(C)c(=O)c2)CCO1)c1cccnn1. The number of anilines is 1. The van der Waals surface area contributed by atoms with E-state index in [1.807, 2.05) is 31.4 Å². The van der Waals surface area contributed by atoms with Crippen LogP contribution in [0.1, 0.15) is 5.56 Å². The Kier molecular flexibility index (Phi) is 5.22. The molecular weight excluding hydrogens is 306 g/mol. The molecule has 3 rings (SSSR count). The zero-order chi connectivity index (χ0) is 16.9. The van der Waals surface area contributed by atoms with E-state index in [4.69, 9.17) is 4.74 Å². The zero-order valence-corrected chi connectivity index (χ0v) is 14.1. The number of likely N-dealkylation sites (N-methyl/N-ethyl adjacent to an activating group) is 1. The summed E-state index contributed by atoms with van der Waals surface area (Å²) in [6, 6.07) is 7.52. The number of morpholine rings is 1. The maximum Gasteiger partial charge on any atom is 0.250 e. The Morgan fingerprint density at radius 3 is 3.04 bits per heavy atom. The Bertz CT molecular complexity index is 718. The second-order valence-corrected chi connectivity index (χ2v) is 6.17. The van der Waals surface area contributed by atoms with E-state index in [0.29, 0.717) is 6.61 Å². The second-order valence-electron chi connectivity index (χ2n) is 6.17. The van der Waals surface area contributed by atoms with Crippen molar-refractivity contribution in [2.24, 2.45) is 7.05 Å². The Morgan fingerprint density at radius 2 is 2.29 bits per heavy atom. The number of pyridine rings is 1. The van der Waals surface area contributed by atoms with Crippen molar-refractivity contribution in [3.63, 3.8) is 0 Å². The van der Waals surface area contributed by atoms with Crippen LogP contribution in [0.4, 0.5) is 5.82 Å². The topological polar surface area (TPSA) is 63.5 Å². The van der Waals surface area contributed by atoms with Gasteiger partial charge in [-0.1, -0.05) is 0 Å². The van der Waals surface area contributed by atoms with Gasteiger partial charge in [-0.05, 0) is 23.8 Å². The van der Waals surface area contributed by atoms with Gasteiger partial charge >= 0.3 is 0 Å². The molecule has 0 bridgehead atoms. The van der Waals surface area contributed by atoms with Crippen LogP contribution >= 0.6 is 0 Å². The van der Waals surface area contributed by atoms with Crippen molar-refractivity contribution in [2.75, 3.05) is 38.2 Å². The van der Waals surface area contributed by atoms with E-state index in [9.17, 15) is 4.79 Å². The summed E-state index contributed by atoms with van der Waals surface area (Å²) in [7, 11) is 3.76. The molecule has 0 aliphatic carbocycles. The number of nitrogens with zero attached hydrogens (tertiary/aromatic N) is 5. The molecule has 0 aromatic carbocycles. The van der Waals surface area contributed by atoms with E-state index in [1.54, 1.807) is 23.9 Å². The van der Waals surface area contributed by atoms with Crippen molar-refractivity contribution in [3.05, 3.63) is 52.6 Å². The second kappa shape index (κ2) is 7.55. The highest BCUT2D eigenvalue weighted by Crippen LogP contribution is 2.13. The summed E-state index contributed by atoms with van der Waals surface area (Å²) in [5.74, 6) is 0.838. The van der Waals surface area contributed by atoms with Gasteiger partial charge in [0, 0.05) is 58.7 Å². The van der Waals surface area contributed by atoms with Gasteiger partial charge in [0.05, 0.1) is 12.7 Å². The average Bonchev–Trinajstić information content (AvgIpc) is 2.59. The molecule has 7 nitrogen and oxygen atoms in total. The maximum atomic E-state index is 11.7. The van der Waals surface area contributed by atoms with Crippen LogP contribution < -0.4 is 10.5 Å². The third kappa shape index (κ3) is 4.18. The summed E-state index contributed by atoms with van der Waals surface area (Å²) in [6.07, 6.45) is 3.59. The van der Waals surface area contributed by atoms with Crippen LogP contribution in [0, 0.1) is 0 Å². The standard InChI is InChI=1S/C17H23N5O2/c1-20-7-5-14(10-17(20)23)11-22-8-9-24-15(13-22)12-21(2)16-4-3-6-18-19-16/h3-7,10,15H,8-9,11-13H2,1-2H3. The fourth-order valence-corrected chi connectivity index (χ4v) is 2.88. The van der Waals surface area contributed by atoms with Crippen LogP contribution in [-0.4, -0.2) is 59.1 Å². The van der Waals surface area contributed by atoms with E-state index < -0.39 is 0 Å². The molecule has 0 radical (unpaired) electrons. The minimum atomic E-state index is 0.0275. The number of aromatic nitrogens is 3. The van der Waals surface area contributed by atoms with Gasteiger partial charge in [-0.3, -0.25) is 9.69 Å². The fraction of sp³-hybridized carbons (Fsp3) is 0.471. The summed E-state index contributed by atoms with van der Waals surface area (Å²) in [4.78, 5) is 16.1. The van der Waals surface area contributed by atoms with Crippen LogP contribution in [0.25, 0.3) is 0 Å².